The zero-order valence-corrected chi connectivity index (χ0v) is 10.6. The maximum absolute atomic E-state index is 5.89. The van der Waals surface area contributed by atoms with Crippen LogP contribution >= 0.6 is 15.9 Å². The molecule has 0 N–H and O–H groups in total. The zero-order valence-electron chi connectivity index (χ0n) is 9.03. The Morgan fingerprint density at radius 1 is 1.73 bits per heavy atom. The number of aryl methyl sites for hydroxylation is 1. The Labute approximate surface area is 97.9 Å². The second kappa shape index (κ2) is 3.08. The predicted molar refractivity (Wildman–Crippen MR) is 60.6 cm³/mol. The lowest BCUT2D eigenvalue weighted by Crippen LogP contribution is -2.16. The smallest absolute Gasteiger partial charge is 0.138 e. The van der Waals surface area contributed by atoms with Gasteiger partial charge in [0.1, 0.15) is 5.60 Å². The summed E-state index contributed by atoms with van der Waals surface area (Å²) in [5, 5.41) is 4.37. The highest BCUT2D eigenvalue weighted by atomic mass is 79.9. The fourth-order valence-corrected chi connectivity index (χ4v) is 3.56. The normalized spacial score (nSPS) is 38.1. The second-order valence-corrected chi connectivity index (χ2v) is 5.55. The summed E-state index contributed by atoms with van der Waals surface area (Å²) in [5.41, 5.74) is 1.24. The van der Waals surface area contributed by atoms with Crippen LogP contribution in [0.25, 0.3) is 0 Å². The number of ether oxygens (including phenoxy) is 1. The lowest BCUT2D eigenvalue weighted by atomic mass is 10.0. The quantitative estimate of drug-likeness (QED) is 0.774. The van der Waals surface area contributed by atoms with Crippen molar-refractivity contribution < 1.29 is 4.74 Å². The molecule has 15 heavy (non-hydrogen) atoms. The molecule has 0 radical (unpaired) electrons. The van der Waals surface area contributed by atoms with Crippen molar-refractivity contribution in [3.05, 3.63) is 16.4 Å². The average molecular weight is 271 g/mol. The fourth-order valence-electron chi connectivity index (χ4n) is 2.93. The van der Waals surface area contributed by atoms with Crippen LogP contribution in [0.4, 0.5) is 0 Å². The van der Waals surface area contributed by atoms with E-state index in [0.717, 1.165) is 23.4 Å². The van der Waals surface area contributed by atoms with Crippen molar-refractivity contribution in [2.24, 2.45) is 5.92 Å². The summed E-state index contributed by atoms with van der Waals surface area (Å²) in [6.07, 6.45) is 4.66. The van der Waals surface area contributed by atoms with Crippen LogP contribution in [0.1, 0.15) is 32.4 Å². The minimum Gasteiger partial charge on any atom is -0.359 e. The Morgan fingerprint density at radius 3 is 3.13 bits per heavy atom. The molecule has 0 unspecified atom stereocenters. The number of aromatic nitrogens is 2. The van der Waals surface area contributed by atoms with Crippen LogP contribution in [0.2, 0.25) is 0 Å². The van der Waals surface area contributed by atoms with E-state index >= 15 is 0 Å². The van der Waals surface area contributed by atoms with Crippen LogP contribution in [0.3, 0.4) is 0 Å². The summed E-state index contributed by atoms with van der Waals surface area (Å²) >= 11 is 3.59. The molecule has 3 nitrogen and oxygen atoms in total. The molecule has 3 rings (SSSR count). The molecular weight excluding hydrogens is 256 g/mol. The van der Waals surface area contributed by atoms with Crippen molar-refractivity contribution >= 4 is 15.9 Å². The van der Waals surface area contributed by atoms with Gasteiger partial charge in [0.2, 0.25) is 0 Å². The Kier molecular flexibility index (Phi) is 2.02. The monoisotopic (exact) mass is 270 g/mol. The first kappa shape index (κ1) is 9.85. The molecule has 1 aliphatic heterocycles. The summed E-state index contributed by atoms with van der Waals surface area (Å²) in [7, 11) is 0. The van der Waals surface area contributed by atoms with Crippen molar-refractivity contribution in [2.75, 3.05) is 0 Å². The first-order valence-corrected chi connectivity index (χ1v) is 6.36. The Hall–Kier alpha value is -0.350. The van der Waals surface area contributed by atoms with Gasteiger partial charge in [0.15, 0.2) is 0 Å². The molecule has 0 amide bonds. The van der Waals surface area contributed by atoms with Gasteiger partial charge in [-0.2, -0.15) is 5.10 Å². The molecule has 1 saturated heterocycles. The van der Waals surface area contributed by atoms with E-state index in [2.05, 4.69) is 39.6 Å². The molecule has 3 atom stereocenters. The highest BCUT2D eigenvalue weighted by molar-refractivity contribution is 9.10. The van der Waals surface area contributed by atoms with E-state index in [1.165, 1.54) is 12.1 Å². The number of hydrogen-bond acceptors (Lipinski definition) is 2. The molecule has 2 fully saturated rings. The summed E-state index contributed by atoms with van der Waals surface area (Å²) in [4.78, 5) is 0. The van der Waals surface area contributed by atoms with Crippen LogP contribution in [0, 0.1) is 5.92 Å². The maximum Gasteiger partial charge on any atom is 0.138 e. The van der Waals surface area contributed by atoms with Crippen molar-refractivity contribution in [2.45, 2.75) is 44.9 Å². The minimum absolute atomic E-state index is 0.00917. The number of fused-ring (bicyclic) bond motifs is 1. The van der Waals surface area contributed by atoms with Gasteiger partial charge in [-0.15, -0.1) is 0 Å². The molecule has 4 heteroatoms. The molecule has 0 spiro atoms. The average Bonchev–Trinajstić information content (AvgIpc) is 2.57. The number of epoxide rings is 1. The molecule has 2 heterocycles. The van der Waals surface area contributed by atoms with E-state index in [4.69, 9.17) is 4.74 Å². The van der Waals surface area contributed by atoms with Crippen LogP contribution in [0.5, 0.6) is 0 Å². The highest BCUT2D eigenvalue weighted by Crippen LogP contribution is 2.60. The van der Waals surface area contributed by atoms with Crippen LogP contribution < -0.4 is 0 Å². The fraction of sp³-hybridized carbons (Fsp3) is 0.727. The van der Waals surface area contributed by atoms with Gasteiger partial charge in [-0.25, -0.2) is 0 Å². The highest BCUT2D eigenvalue weighted by Gasteiger charge is 2.64. The third-order valence-electron chi connectivity index (χ3n) is 3.58. The Balaban J connectivity index is 2.03. The minimum atomic E-state index is -0.00917. The zero-order chi connectivity index (χ0) is 10.6. The molecule has 1 aromatic heterocycles. The van der Waals surface area contributed by atoms with Crippen molar-refractivity contribution in [3.8, 4) is 0 Å². The van der Waals surface area contributed by atoms with Gasteiger partial charge in [0, 0.05) is 6.54 Å². The van der Waals surface area contributed by atoms with E-state index < -0.39 is 0 Å². The Bertz CT molecular complexity index is 403. The largest absolute Gasteiger partial charge is 0.359 e. The molecule has 0 aromatic carbocycles. The van der Waals surface area contributed by atoms with Gasteiger partial charge in [0.25, 0.3) is 0 Å². The first-order chi connectivity index (χ1) is 7.17. The topological polar surface area (TPSA) is 30.4 Å². The van der Waals surface area contributed by atoms with Gasteiger partial charge in [0.05, 0.1) is 22.5 Å². The van der Waals surface area contributed by atoms with Crippen molar-refractivity contribution in [3.63, 3.8) is 0 Å². The Morgan fingerprint density at radius 2 is 2.53 bits per heavy atom. The summed E-state index contributed by atoms with van der Waals surface area (Å²) < 4.78 is 9.04. The van der Waals surface area contributed by atoms with E-state index in [1.54, 1.807) is 0 Å². The molecule has 82 valence electrons. The summed E-state index contributed by atoms with van der Waals surface area (Å²) in [6.45, 7) is 5.33. The summed E-state index contributed by atoms with van der Waals surface area (Å²) in [6, 6.07) is 0. The van der Waals surface area contributed by atoms with Crippen LogP contribution in [-0.4, -0.2) is 15.9 Å². The van der Waals surface area contributed by atoms with Gasteiger partial charge in [-0.1, -0.05) is 6.92 Å². The van der Waals surface area contributed by atoms with Gasteiger partial charge in [-0.05, 0) is 41.6 Å². The molecule has 1 aromatic rings. The van der Waals surface area contributed by atoms with Crippen molar-refractivity contribution in [1.29, 1.82) is 0 Å². The molecule has 1 saturated carbocycles. The summed E-state index contributed by atoms with van der Waals surface area (Å²) in [5.74, 6) is 0.774. The van der Waals surface area contributed by atoms with Crippen LogP contribution in [-0.2, 0) is 16.9 Å². The molecule has 1 aliphatic carbocycles. The van der Waals surface area contributed by atoms with E-state index in [0.29, 0.717) is 6.10 Å². The van der Waals surface area contributed by atoms with E-state index in [1.807, 2.05) is 6.20 Å². The standard InChI is InChI=1S/C11H15BrN2O/c1-3-14-10(8(12)6-13-14)11-5-7(2)4-9(11)15-11/h6-7,9H,3-5H2,1-2H3/t7-,9+,11+/m1/s1. The van der Waals surface area contributed by atoms with Crippen molar-refractivity contribution in [1.82, 2.24) is 9.78 Å². The number of rotatable bonds is 2. The maximum atomic E-state index is 5.89. The predicted octanol–water partition coefficient (Wildman–Crippen LogP) is 2.69. The second-order valence-electron chi connectivity index (χ2n) is 4.70. The molecule has 0 bridgehead atoms. The number of hydrogen-bond donors (Lipinski definition) is 0. The lowest BCUT2D eigenvalue weighted by Gasteiger charge is -2.13. The third-order valence-corrected chi connectivity index (χ3v) is 4.16. The van der Waals surface area contributed by atoms with E-state index in [9.17, 15) is 0 Å². The van der Waals surface area contributed by atoms with Gasteiger partial charge < -0.3 is 4.74 Å². The SMILES string of the molecule is CCn1ncc(Br)c1[C@]12C[C@H](C)C[C@@H]1O2. The molecule has 2 aliphatic rings. The van der Waals surface area contributed by atoms with Gasteiger partial charge in [-0.3, -0.25) is 4.68 Å². The number of nitrogens with zero attached hydrogens (tertiary/aromatic N) is 2. The van der Waals surface area contributed by atoms with Gasteiger partial charge >= 0.3 is 0 Å². The van der Waals surface area contributed by atoms with E-state index in [-0.39, 0.29) is 5.60 Å². The first-order valence-electron chi connectivity index (χ1n) is 5.57. The van der Waals surface area contributed by atoms with Crippen LogP contribution in [0.15, 0.2) is 10.7 Å². The third kappa shape index (κ3) is 1.24. The lowest BCUT2D eigenvalue weighted by molar-refractivity contribution is 0.212. The molecular formula is C11H15BrN2O. The number of halogens is 1.